The van der Waals surface area contributed by atoms with E-state index in [1.807, 2.05) is 24.3 Å². The molecule has 0 bridgehead atoms. The van der Waals surface area contributed by atoms with E-state index in [0.29, 0.717) is 22.3 Å². The average molecular weight is 373 g/mol. The van der Waals surface area contributed by atoms with Gasteiger partial charge >= 0.3 is 0 Å². The maximum absolute atomic E-state index is 12.1. The van der Waals surface area contributed by atoms with E-state index < -0.39 is 0 Å². The van der Waals surface area contributed by atoms with Crippen LogP contribution in [0.1, 0.15) is 16.2 Å². The molecule has 3 aromatic rings. The van der Waals surface area contributed by atoms with E-state index in [-0.39, 0.29) is 5.91 Å². The van der Waals surface area contributed by atoms with Crippen molar-refractivity contribution >= 4 is 40.5 Å². The van der Waals surface area contributed by atoms with Crippen molar-refractivity contribution in [2.45, 2.75) is 6.54 Å². The van der Waals surface area contributed by atoms with Crippen molar-refractivity contribution in [2.75, 3.05) is 5.32 Å². The lowest BCUT2D eigenvalue weighted by Crippen LogP contribution is -2.24. The molecule has 2 aromatic heterocycles. The topological polar surface area (TPSA) is 66.9 Å². The molecule has 5 nitrogen and oxygen atoms in total. The van der Waals surface area contributed by atoms with Gasteiger partial charge in [-0.05, 0) is 42.5 Å². The molecule has 1 aromatic carbocycles. The fourth-order valence-electron chi connectivity index (χ4n) is 2.11. The van der Waals surface area contributed by atoms with E-state index in [0.717, 1.165) is 17.1 Å². The van der Waals surface area contributed by atoms with Crippen LogP contribution in [0.2, 0.25) is 10.0 Å². The summed E-state index contributed by atoms with van der Waals surface area (Å²) in [6.07, 6.45) is 3.27. The van der Waals surface area contributed by atoms with Crippen LogP contribution < -0.4 is 10.6 Å². The van der Waals surface area contributed by atoms with Gasteiger partial charge in [-0.2, -0.15) is 0 Å². The van der Waals surface area contributed by atoms with Crippen LogP contribution in [0.5, 0.6) is 0 Å². The molecule has 0 atom stereocenters. The summed E-state index contributed by atoms with van der Waals surface area (Å²) in [5.74, 6) is -0.258. The van der Waals surface area contributed by atoms with Gasteiger partial charge in [-0.3, -0.25) is 9.78 Å². The number of nitrogens with one attached hydrogen (secondary N) is 2. The lowest BCUT2D eigenvalue weighted by Gasteiger charge is -2.08. The number of carbonyl (C=O) groups is 1. The molecular weight excluding hydrogens is 359 g/mol. The van der Waals surface area contributed by atoms with Gasteiger partial charge in [0.1, 0.15) is 5.69 Å². The minimum atomic E-state index is -0.258. The first-order valence-corrected chi connectivity index (χ1v) is 8.23. The number of anilines is 2. The quantitative estimate of drug-likeness (QED) is 0.693. The number of pyridine rings is 2. The number of halogens is 2. The highest BCUT2D eigenvalue weighted by atomic mass is 35.5. The second-order valence-electron chi connectivity index (χ2n) is 5.19. The zero-order valence-corrected chi connectivity index (χ0v) is 14.6. The number of nitrogens with zero attached hydrogens (tertiary/aromatic N) is 2. The monoisotopic (exact) mass is 372 g/mol. The SMILES string of the molecule is O=C(NCc1ccccn1)c1ccc(Nc2ccc(Cl)c(Cl)c2)cn1. The molecule has 126 valence electrons. The van der Waals surface area contributed by atoms with Gasteiger partial charge in [-0.15, -0.1) is 0 Å². The van der Waals surface area contributed by atoms with Crippen LogP contribution in [0.25, 0.3) is 0 Å². The Morgan fingerprint density at radius 2 is 1.80 bits per heavy atom. The summed E-state index contributed by atoms with van der Waals surface area (Å²) >= 11 is 11.9. The van der Waals surface area contributed by atoms with Gasteiger partial charge in [0.2, 0.25) is 0 Å². The van der Waals surface area contributed by atoms with Gasteiger partial charge in [-0.1, -0.05) is 29.3 Å². The first-order chi connectivity index (χ1) is 12.1. The molecule has 0 saturated carbocycles. The van der Waals surface area contributed by atoms with Gasteiger partial charge in [0.05, 0.1) is 34.2 Å². The molecule has 1 amide bonds. The number of hydrogen-bond acceptors (Lipinski definition) is 4. The number of amides is 1. The summed E-state index contributed by atoms with van der Waals surface area (Å²) in [4.78, 5) is 20.4. The van der Waals surface area contributed by atoms with Crippen LogP contribution in [-0.2, 0) is 6.54 Å². The second kappa shape index (κ2) is 7.96. The van der Waals surface area contributed by atoms with Crippen LogP contribution in [0.4, 0.5) is 11.4 Å². The first-order valence-electron chi connectivity index (χ1n) is 7.48. The van der Waals surface area contributed by atoms with Crippen molar-refractivity contribution in [3.63, 3.8) is 0 Å². The van der Waals surface area contributed by atoms with Crippen molar-refractivity contribution in [3.05, 3.63) is 82.4 Å². The van der Waals surface area contributed by atoms with E-state index in [1.165, 1.54) is 0 Å². The second-order valence-corrected chi connectivity index (χ2v) is 6.00. The fourth-order valence-corrected chi connectivity index (χ4v) is 2.40. The smallest absolute Gasteiger partial charge is 0.270 e. The lowest BCUT2D eigenvalue weighted by atomic mass is 10.2. The van der Waals surface area contributed by atoms with E-state index in [9.17, 15) is 4.79 Å². The van der Waals surface area contributed by atoms with E-state index in [1.54, 1.807) is 36.7 Å². The first kappa shape index (κ1) is 17.2. The van der Waals surface area contributed by atoms with Crippen molar-refractivity contribution < 1.29 is 4.79 Å². The van der Waals surface area contributed by atoms with Crippen LogP contribution in [-0.4, -0.2) is 15.9 Å². The van der Waals surface area contributed by atoms with E-state index in [4.69, 9.17) is 23.2 Å². The van der Waals surface area contributed by atoms with Gasteiger partial charge in [0.25, 0.3) is 5.91 Å². The zero-order chi connectivity index (χ0) is 17.6. The van der Waals surface area contributed by atoms with Crippen LogP contribution in [0.3, 0.4) is 0 Å². The maximum atomic E-state index is 12.1. The summed E-state index contributed by atoms with van der Waals surface area (Å²) in [5.41, 5.74) is 2.63. The van der Waals surface area contributed by atoms with Gasteiger partial charge in [-0.25, -0.2) is 4.98 Å². The normalized spacial score (nSPS) is 10.3. The summed E-state index contributed by atoms with van der Waals surface area (Å²) in [5, 5.41) is 6.88. The Labute approximate surface area is 155 Å². The predicted molar refractivity (Wildman–Crippen MR) is 99.4 cm³/mol. The van der Waals surface area contributed by atoms with Crippen LogP contribution in [0.15, 0.2) is 60.9 Å². The Morgan fingerprint density at radius 3 is 2.48 bits per heavy atom. The Bertz CT molecular complexity index is 870. The number of aromatic nitrogens is 2. The highest BCUT2D eigenvalue weighted by molar-refractivity contribution is 6.42. The summed E-state index contributed by atoms with van der Waals surface area (Å²) in [7, 11) is 0. The third kappa shape index (κ3) is 4.68. The molecule has 0 spiro atoms. The summed E-state index contributed by atoms with van der Waals surface area (Å²) in [6.45, 7) is 0.352. The summed E-state index contributed by atoms with van der Waals surface area (Å²) < 4.78 is 0. The van der Waals surface area contributed by atoms with Gasteiger partial charge in [0, 0.05) is 11.9 Å². The van der Waals surface area contributed by atoms with Crippen LogP contribution >= 0.6 is 23.2 Å². The van der Waals surface area contributed by atoms with Gasteiger partial charge < -0.3 is 10.6 Å². The molecule has 7 heteroatoms. The molecule has 0 saturated heterocycles. The van der Waals surface area contributed by atoms with Crippen molar-refractivity contribution in [1.82, 2.24) is 15.3 Å². The molecule has 0 aliphatic carbocycles. The lowest BCUT2D eigenvalue weighted by molar-refractivity contribution is 0.0945. The van der Waals surface area contributed by atoms with Crippen molar-refractivity contribution in [1.29, 1.82) is 0 Å². The van der Waals surface area contributed by atoms with Crippen molar-refractivity contribution in [2.24, 2.45) is 0 Å². The molecule has 2 N–H and O–H groups in total. The number of rotatable bonds is 5. The molecule has 25 heavy (non-hydrogen) atoms. The fraction of sp³-hybridized carbons (Fsp3) is 0.0556. The molecule has 0 aliphatic rings. The Balaban J connectivity index is 1.61. The molecule has 0 unspecified atom stereocenters. The zero-order valence-electron chi connectivity index (χ0n) is 13.0. The third-order valence-corrected chi connectivity index (χ3v) is 4.10. The van der Waals surface area contributed by atoms with Gasteiger partial charge in [0.15, 0.2) is 0 Å². The summed E-state index contributed by atoms with van der Waals surface area (Å²) in [6, 6.07) is 14.2. The number of benzene rings is 1. The number of hydrogen-bond donors (Lipinski definition) is 2. The van der Waals surface area contributed by atoms with Crippen molar-refractivity contribution in [3.8, 4) is 0 Å². The highest BCUT2D eigenvalue weighted by Gasteiger charge is 2.07. The predicted octanol–water partition coefficient (Wildman–Crippen LogP) is 4.46. The Hall–Kier alpha value is -2.63. The molecule has 0 aliphatic heterocycles. The Morgan fingerprint density at radius 1 is 0.960 bits per heavy atom. The molecule has 2 heterocycles. The minimum Gasteiger partial charge on any atom is -0.354 e. The standard InChI is InChI=1S/C18H14Cl2N4O/c19-15-6-4-12(9-16(15)20)24-14-5-7-17(22-11-14)18(25)23-10-13-3-1-2-8-21-13/h1-9,11,24H,10H2,(H,23,25). The molecular formula is C18H14Cl2N4O. The molecule has 0 radical (unpaired) electrons. The number of carbonyl (C=O) groups excluding carboxylic acids is 1. The largest absolute Gasteiger partial charge is 0.354 e. The highest BCUT2D eigenvalue weighted by Crippen LogP contribution is 2.26. The average Bonchev–Trinajstić information content (AvgIpc) is 2.64. The van der Waals surface area contributed by atoms with E-state index >= 15 is 0 Å². The molecule has 0 fully saturated rings. The Kier molecular flexibility index (Phi) is 5.48. The third-order valence-electron chi connectivity index (χ3n) is 3.36. The van der Waals surface area contributed by atoms with Crippen LogP contribution in [0, 0.1) is 0 Å². The maximum Gasteiger partial charge on any atom is 0.270 e. The minimum absolute atomic E-state index is 0.258. The van der Waals surface area contributed by atoms with E-state index in [2.05, 4.69) is 20.6 Å². The molecule has 3 rings (SSSR count).